The lowest BCUT2D eigenvalue weighted by atomic mass is 10.1. The Labute approximate surface area is 180 Å². The van der Waals surface area contributed by atoms with E-state index in [1.165, 1.54) is 22.7 Å². The molecule has 2 heterocycles. The number of aryl methyl sites for hydroxylation is 2. The van der Waals surface area contributed by atoms with Gasteiger partial charge in [0.25, 0.3) is 11.8 Å². The Morgan fingerprint density at radius 1 is 1.20 bits per heavy atom. The van der Waals surface area contributed by atoms with Gasteiger partial charge in [-0.25, -0.2) is 9.78 Å². The van der Waals surface area contributed by atoms with Gasteiger partial charge in [0.05, 0.1) is 5.56 Å². The summed E-state index contributed by atoms with van der Waals surface area (Å²) in [7, 11) is 0. The van der Waals surface area contributed by atoms with Crippen LogP contribution < -0.4 is 11.1 Å². The number of nitrogens with zero attached hydrogens (tertiary/aromatic N) is 1. The molecule has 2 aromatic heterocycles. The highest BCUT2D eigenvalue weighted by Crippen LogP contribution is 2.38. The third kappa shape index (κ3) is 4.12. The normalized spacial score (nSPS) is 12.4. The van der Waals surface area contributed by atoms with Crippen LogP contribution in [0.1, 0.15) is 43.3 Å². The van der Waals surface area contributed by atoms with Crippen molar-refractivity contribution >= 4 is 45.5 Å². The number of esters is 1. The Hall–Kier alpha value is -3.04. The molecule has 3 aromatic rings. The van der Waals surface area contributed by atoms with Gasteiger partial charge in [0, 0.05) is 15.8 Å². The first-order valence-electron chi connectivity index (χ1n) is 9.36. The summed E-state index contributed by atoms with van der Waals surface area (Å²) in [5.41, 5.74) is 8.97. The van der Waals surface area contributed by atoms with Crippen LogP contribution in [0, 0.1) is 6.92 Å². The average Bonchev–Trinajstić information content (AvgIpc) is 3.42. The second-order valence-corrected chi connectivity index (χ2v) is 8.92. The summed E-state index contributed by atoms with van der Waals surface area (Å²) in [6.45, 7) is 1.52. The van der Waals surface area contributed by atoms with E-state index in [1.807, 2.05) is 31.2 Å². The van der Waals surface area contributed by atoms with Gasteiger partial charge in [-0.3, -0.25) is 9.59 Å². The number of primary amides is 1. The summed E-state index contributed by atoms with van der Waals surface area (Å²) in [6, 6.07) is 7.82. The van der Waals surface area contributed by atoms with E-state index in [2.05, 4.69) is 10.3 Å². The van der Waals surface area contributed by atoms with Crippen molar-refractivity contribution in [2.45, 2.75) is 26.2 Å². The second-order valence-electron chi connectivity index (χ2n) is 6.95. The standard InChI is InChI=1S/C21H19N3O4S2/c1-11-5-7-12(8-6-11)19-23-14(10-29-19)21(27)28-9-16(25)24-20-17(18(22)26)13-3-2-4-15(13)30-20/h5-8,10H,2-4,9H2,1H3,(H2,22,26)(H,24,25). The first-order chi connectivity index (χ1) is 14.4. The molecule has 1 aliphatic rings. The van der Waals surface area contributed by atoms with Crippen molar-refractivity contribution in [1.82, 2.24) is 4.98 Å². The highest BCUT2D eigenvalue weighted by Gasteiger charge is 2.26. The van der Waals surface area contributed by atoms with Crippen molar-refractivity contribution in [3.05, 3.63) is 56.9 Å². The monoisotopic (exact) mass is 441 g/mol. The summed E-state index contributed by atoms with van der Waals surface area (Å²) in [5, 5.41) is 5.37. The van der Waals surface area contributed by atoms with Gasteiger partial charge < -0.3 is 15.8 Å². The van der Waals surface area contributed by atoms with E-state index in [0.29, 0.717) is 15.6 Å². The topological polar surface area (TPSA) is 111 Å². The molecule has 0 radical (unpaired) electrons. The molecule has 0 saturated heterocycles. The molecule has 0 bridgehead atoms. The second kappa shape index (κ2) is 8.37. The van der Waals surface area contributed by atoms with E-state index in [9.17, 15) is 14.4 Å². The molecule has 0 aliphatic heterocycles. The number of nitrogens with one attached hydrogen (secondary N) is 1. The number of anilines is 1. The zero-order valence-electron chi connectivity index (χ0n) is 16.2. The Bertz CT molecular complexity index is 1130. The smallest absolute Gasteiger partial charge is 0.358 e. The zero-order chi connectivity index (χ0) is 21.3. The molecule has 30 heavy (non-hydrogen) atoms. The average molecular weight is 442 g/mol. The molecule has 7 nitrogen and oxygen atoms in total. The summed E-state index contributed by atoms with van der Waals surface area (Å²) < 4.78 is 5.09. The van der Waals surface area contributed by atoms with Gasteiger partial charge in [-0.2, -0.15) is 0 Å². The minimum Gasteiger partial charge on any atom is -0.451 e. The van der Waals surface area contributed by atoms with Crippen LogP contribution in [0.15, 0.2) is 29.6 Å². The number of ether oxygens (including phenoxy) is 1. The van der Waals surface area contributed by atoms with E-state index in [1.54, 1.807) is 5.38 Å². The molecule has 2 amide bonds. The van der Waals surface area contributed by atoms with Crippen molar-refractivity contribution in [2.24, 2.45) is 5.73 Å². The van der Waals surface area contributed by atoms with Crippen LogP contribution in [0.4, 0.5) is 5.00 Å². The largest absolute Gasteiger partial charge is 0.451 e. The molecule has 0 fully saturated rings. The summed E-state index contributed by atoms with van der Waals surface area (Å²) >= 11 is 2.68. The highest BCUT2D eigenvalue weighted by atomic mass is 32.1. The van der Waals surface area contributed by atoms with Gasteiger partial charge in [-0.15, -0.1) is 22.7 Å². The third-order valence-electron chi connectivity index (χ3n) is 4.77. The predicted octanol–water partition coefficient (Wildman–Crippen LogP) is 3.56. The highest BCUT2D eigenvalue weighted by molar-refractivity contribution is 7.17. The van der Waals surface area contributed by atoms with Gasteiger partial charge >= 0.3 is 5.97 Å². The van der Waals surface area contributed by atoms with Crippen molar-refractivity contribution in [1.29, 1.82) is 0 Å². The molecule has 9 heteroatoms. The van der Waals surface area contributed by atoms with Crippen LogP contribution in [-0.2, 0) is 22.4 Å². The zero-order valence-corrected chi connectivity index (χ0v) is 17.8. The van der Waals surface area contributed by atoms with Crippen molar-refractivity contribution in [3.8, 4) is 10.6 Å². The van der Waals surface area contributed by atoms with E-state index < -0.39 is 24.4 Å². The molecule has 0 spiro atoms. The molecule has 1 aliphatic carbocycles. The minimum atomic E-state index is -0.677. The van der Waals surface area contributed by atoms with E-state index in [0.717, 1.165) is 40.8 Å². The number of nitrogens with two attached hydrogens (primary N) is 1. The number of carbonyl (C=O) groups is 3. The Morgan fingerprint density at radius 2 is 1.97 bits per heavy atom. The first-order valence-corrected chi connectivity index (χ1v) is 11.1. The summed E-state index contributed by atoms with van der Waals surface area (Å²) in [6.07, 6.45) is 2.63. The molecule has 0 atom stereocenters. The maximum atomic E-state index is 12.3. The molecule has 4 rings (SSSR count). The van der Waals surface area contributed by atoms with Gasteiger partial charge in [-0.1, -0.05) is 29.8 Å². The number of amides is 2. The van der Waals surface area contributed by atoms with Crippen LogP contribution in [0.2, 0.25) is 0 Å². The lowest BCUT2D eigenvalue weighted by Gasteiger charge is -2.06. The molecule has 1 aromatic carbocycles. The van der Waals surface area contributed by atoms with Crippen molar-refractivity contribution < 1.29 is 19.1 Å². The Morgan fingerprint density at radius 3 is 2.70 bits per heavy atom. The van der Waals surface area contributed by atoms with E-state index >= 15 is 0 Å². The number of aromatic nitrogens is 1. The van der Waals surface area contributed by atoms with Crippen LogP contribution in [0.3, 0.4) is 0 Å². The van der Waals surface area contributed by atoms with Crippen LogP contribution in [0.5, 0.6) is 0 Å². The maximum Gasteiger partial charge on any atom is 0.358 e. The number of benzene rings is 1. The lowest BCUT2D eigenvalue weighted by Crippen LogP contribution is -2.22. The number of fused-ring (bicyclic) bond motifs is 1. The van der Waals surface area contributed by atoms with Crippen LogP contribution in [-0.4, -0.2) is 29.4 Å². The number of thiophene rings is 1. The van der Waals surface area contributed by atoms with E-state index in [4.69, 9.17) is 10.5 Å². The minimum absolute atomic E-state index is 0.149. The van der Waals surface area contributed by atoms with Crippen LogP contribution in [0.25, 0.3) is 10.6 Å². The van der Waals surface area contributed by atoms with Gasteiger partial charge in [-0.05, 0) is 31.7 Å². The fourth-order valence-electron chi connectivity index (χ4n) is 3.32. The molecule has 154 valence electrons. The number of hydrogen-bond acceptors (Lipinski definition) is 7. The fourth-order valence-corrected chi connectivity index (χ4v) is 5.42. The number of rotatable bonds is 6. The predicted molar refractivity (Wildman–Crippen MR) is 116 cm³/mol. The quantitative estimate of drug-likeness (QED) is 0.568. The molecule has 3 N–H and O–H groups in total. The maximum absolute atomic E-state index is 12.3. The number of carbonyl (C=O) groups excluding carboxylic acids is 3. The fraction of sp³-hybridized carbons (Fsp3) is 0.238. The van der Waals surface area contributed by atoms with Crippen molar-refractivity contribution in [3.63, 3.8) is 0 Å². The SMILES string of the molecule is Cc1ccc(-c2nc(C(=O)OCC(=O)Nc3sc4c(c3C(N)=O)CCC4)cs2)cc1. The summed E-state index contributed by atoms with van der Waals surface area (Å²) in [4.78, 5) is 41.7. The van der Waals surface area contributed by atoms with Crippen LogP contribution >= 0.6 is 22.7 Å². The van der Waals surface area contributed by atoms with Gasteiger partial charge in [0.15, 0.2) is 12.3 Å². The van der Waals surface area contributed by atoms with Gasteiger partial charge in [0.1, 0.15) is 10.0 Å². The molecule has 0 unspecified atom stereocenters. The number of hydrogen-bond donors (Lipinski definition) is 2. The summed E-state index contributed by atoms with van der Waals surface area (Å²) in [5.74, 6) is -1.77. The Kier molecular flexibility index (Phi) is 5.65. The molecular formula is C21H19N3O4S2. The lowest BCUT2D eigenvalue weighted by molar-refractivity contribution is -0.119. The van der Waals surface area contributed by atoms with E-state index in [-0.39, 0.29) is 5.69 Å². The Balaban J connectivity index is 1.37. The van der Waals surface area contributed by atoms with Gasteiger partial charge in [0.2, 0.25) is 0 Å². The van der Waals surface area contributed by atoms with Crippen molar-refractivity contribution in [2.75, 3.05) is 11.9 Å². The molecule has 0 saturated carbocycles. The third-order valence-corrected chi connectivity index (χ3v) is 6.87. The first kappa shape index (κ1) is 20.2. The number of thiazole rings is 1. The molecular weight excluding hydrogens is 422 g/mol.